The molecule has 2 saturated heterocycles. The van der Waals surface area contributed by atoms with Gasteiger partial charge in [-0.05, 0) is 31.5 Å². The van der Waals surface area contributed by atoms with Gasteiger partial charge in [0.25, 0.3) is 5.91 Å². The van der Waals surface area contributed by atoms with Gasteiger partial charge in [0.05, 0.1) is 12.7 Å². The highest BCUT2D eigenvalue weighted by Gasteiger charge is 2.27. The first-order valence-corrected chi connectivity index (χ1v) is 9.82. The molecule has 0 radical (unpaired) electrons. The van der Waals surface area contributed by atoms with Gasteiger partial charge in [-0.1, -0.05) is 19.1 Å². The highest BCUT2D eigenvalue weighted by Crippen LogP contribution is 2.26. The van der Waals surface area contributed by atoms with Crippen molar-refractivity contribution in [2.75, 3.05) is 57.8 Å². The fourth-order valence-corrected chi connectivity index (χ4v) is 3.86. The van der Waals surface area contributed by atoms with Gasteiger partial charge in [0.1, 0.15) is 0 Å². The minimum absolute atomic E-state index is 0.121. The zero-order valence-electron chi connectivity index (χ0n) is 16.3. The standard InChI is InChI=1S/C20H30N4O3/c1-3-22-12-14-24(15-13-22)19(25)17-6-4-5-7-18(17)23-10-8-16(9-11-23)21-20(26)27-2/h4-7,16H,3,8-15H2,1-2H3,(H,21,26). The number of piperazine rings is 1. The van der Waals surface area contributed by atoms with E-state index in [9.17, 15) is 9.59 Å². The lowest BCUT2D eigenvalue weighted by Crippen LogP contribution is -2.49. The molecular formula is C20H30N4O3. The number of hydrogen-bond acceptors (Lipinski definition) is 5. The maximum atomic E-state index is 13.1. The fraction of sp³-hybridized carbons (Fsp3) is 0.600. The number of nitrogens with zero attached hydrogens (tertiary/aromatic N) is 3. The van der Waals surface area contributed by atoms with Crippen LogP contribution in [0.4, 0.5) is 10.5 Å². The Hall–Kier alpha value is -2.28. The van der Waals surface area contributed by atoms with E-state index in [1.54, 1.807) is 0 Å². The molecule has 0 atom stereocenters. The number of hydrogen-bond donors (Lipinski definition) is 1. The molecule has 7 heteroatoms. The summed E-state index contributed by atoms with van der Waals surface area (Å²) in [6.07, 6.45) is 1.30. The van der Waals surface area contributed by atoms with Crippen molar-refractivity contribution in [3.8, 4) is 0 Å². The van der Waals surface area contributed by atoms with Gasteiger partial charge >= 0.3 is 6.09 Å². The van der Waals surface area contributed by atoms with Gasteiger partial charge in [-0.25, -0.2) is 4.79 Å². The Kier molecular flexibility index (Phi) is 6.55. The molecule has 2 amide bonds. The second-order valence-electron chi connectivity index (χ2n) is 7.14. The molecular weight excluding hydrogens is 344 g/mol. The summed E-state index contributed by atoms with van der Waals surface area (Å²) in [5.74, 6) is 0.121. The number of methoxy groups -OCH3 is 1. The Labute approximate surface area is 161 Å². The van der Waals surface area contributed by atoms with Gasteiger partial charge < -0.3 is 24.8 Å². The molecule has 2 heterocycles. The van der Waals surface area contributed by atoms with E-state index in [1.165, 1.54) is 7.11 Å². The summed E-state index contributed by atoms with van der Waals surface area (Å²) < 4.78 is 4.68. The number of anilines is 1. The molecule has 27 heavy (non-hydrogen) atoms. The number of likely N-dealkylation sites (N-methyl/N-ethyl adjacent to an activating group) is 1. The van der Waals surface area contributed by atoms with Gasteiger partial charge in [0, 0.05) is 51.0 Å². The largest absolute Gasteiger partial charge is 0.453 e. The Bertz CT molecular complexity index is 650. The lowest BCUT2D eigenvalue weighted by molar-refractivity contribution is 0.0644. The van der Waals surface area contributed by atoms with Gasteiger partial charge in [-0.2, -0.15) is 0 Å². The maximum absolute atomic E-state index is 13.1. The number of piperidine rings is 1. The Balaban J connectivity index is 1.64. The molecule has 3 rings (SSSR count). The van der Waals surface area contributed by atoms with E-state index in [4.69, 9.17) is 0 Å². The topological polar surface area (TPSA) is 65.1 Å². The molecule has 0 spiro atoms. The fourth-order valence-electron chi connectivity index (χ4n) is 3.86. The number of benzene rings is 1. The van der Waals surface area contributed by atoms with Gasteiger partial charge in [-0.3, -0.25) is 4.79 Å². The van der Waals surface area contributed by atoms with E-state index >= 15 is 0 Å². The van der Waals surface area contributed by atoms with Crippen molar-refractivity contribution >= 4 is 17.7 Å². The molecule has 7 nitrogen and oxygen atoms in total. The predicted molar refractivity (Wildman–Crippen MR) is 105 cm³/mol. The van der Waals surface area contributed by atoms with Crippen molar-refractivity contribution < 1.29 is 14.3 Å². The Morgan fingerprint density at radius 1 is 1.07 bits per heavy atom. The summed E-state index contributed by atoms with van der Waals surface area (Å²) in [6.45, 7) is 8.26. The number of carbonyl (C=O) groups excluding carboxylic acids is 2. The minimum Gasteiger partial charge on any atom is -0.453 e. The molecule has 1 N–H and O–H groups in total. The SMILES string of the molecule is CCN1CCN(C(=O)c2ccccc2N2CCC(NC(=O)OC)CC2)CC1. The maximum Gasteiger partial charge on any atom is 0.407 e. The average Bonchev–Trinajstić information content (AvgIpc) is 2.73. The summed E-state index contributed by atoms with van der Waals surface area (Å²) >= 11 is 0. The number of alkyl carbamates (subject to hydrolysis) is 1. The zero-order chi connectivity index (χ0) is 19.2. The van der Waals surface area contributed by atoms with E-state index in [2.05, 4.69) is 26.8 Å². The summed E-state index contributed by atoms with van der Waals surface area (Å²) in [6, 6.07) is 8.01. The molecule has 0 saturated carbocycles. The first kappa shape index (κ1) is 19.5. The van der Waals surface area contributed by atoms with E-state index < -0.39 is 0 Å². The van der Waals surface area contributed by atoms with Crippen LogP contribution in [0, 0.1) is 0 Å². The van der Waals surface area contributed by atoms with Crippen LogP contribution in [0.1, 0.15) is 30.1 Å². The highest BCUT2D eigenvalue weighted by molar-refractivity contribution is 6.00. The van der Waals surface area contributed by atoms with Crippen molar-refractivity contribution in [2.45, 2.75) is 25.8 Å². The third-order valence-corrected chi connectivity index (χ3v) is 5.58. The van der Waals surface area contributed by atoms with E-state index in [0.29, 0.717) is 0 Å². The van der Waals surface area contributed by atoms with Crippen LogP contribution >= 0.6 is 0 Å². The lowest BCUT2D eigenvalue weighted by Gasteiger charge is -2.37. The van der Waals surface area contributed by atoms with Crippen LogP contribution in [0.3, 0.4) is 0 Å². The van der Waals surface area contributed by atoms with E-state index in [-0.39, 0.29) is 18.0 Å². The van der Waals surface area contributed by atoms with Crippen LogP contribution in [0.15, 0.2) is 24.3 Å². The Morgan fingerprint density at radius 2 is 1.74 bits per heavy atom. The van der Waals surface area contributed by atoms with Crippen LogP contribution < -0.4 is 10.2 Å². The monoisotopic (exact) mass is 374 g/mol. The van der Waals surface area contributed by atoms with Crippen LogP contribution in [0.25, 0.3) is 0 Å². The van der Waals surface area contributed by atoms with Crippen molar-refractivity contribution in [1.82, 2.24) is 15.1 Å². The van der Waals surface area contributed by atoms with Crippen LogP contribution in [-0.2, 0) is 4.74 Å². The molecule has 2 aliphatic rings. The molecule has 2 aliphatic heterocycles. The van der Waals surface area contributed by atoms with Crippen molar-refractivity contribution in [3.05, 3.63) is 29.8 Å². The Morgan fingerprint density at radius 3 is 2.37 bits per heavy atom. The number of rotatable bonds is 4. The molecule has 0 bridgehead atoms. The summed E-state index contributed by atoms with van der Waals surface area (Å²) in [4.78, 5) is 31.1. The van der Waals surface area contributed by atoms with Crippen LogP contribution in [0.5, 0.6) is 0 Å². The van der Waals surface area contributed by atoms with Gasteiger partial charge in [0.2, 0.25) is 0 Å². The summed E-state index contributed by atoms with van der Waals surface area (Å²) in [5, 5.41) is 2.87. The molecule has 0 aliphatic carbocycles. The molecule has 1 aromatic rings. The predicted octanol–water partition coefficient (Wildman–Crippen LogP) is 1.79. The first-order chi connectivity index (χ1) is 13.1. The van der Waals surface area contributed by atoms with Crippen molar-refractivity contribution in [2.24, 2.45) is 0 Å². The molecule has 148 valence electrons. The van der Waals surface area contributed by atoms with Crippen molar-refractivity contribution in [3.63, 3.8) is 0 Å². The highest BCUT2D eigenvalue weighted by atomic mass is 16.5. The molecule has 0 aromatic heterocycles. The lowest BCUT2D eigenvalue weighted by atomic mass is 10.0. The average molecular weight is 374 g/mol. The van der Waals surface area contributed by atoms with Gasteiger partial charge in [-0.15, -0.1) is 0 Å². The van der Waals surface area contributed by atoms with Gasteiger partial charge in [0.15, 0.2) is 0 Å². The zero-order valence-corrected chi connectivity index (χ0v) is 16.3. The van der Waals surface area contributed by atoms with E-state index in [1.807, 2.05) is 29.2 Å². The molecule has 2 fully saturated rings. The number of ether oxygens (including phenoxy) is 1. The van der Waals surface area contributed by atoms with E-state index in [0.717, 1.165) is 69.9 Å². The quantitative estimate of drug-likeness (QED) is 0.870. The number of carbonyl (C=O) groups is 2. The normalized spacial score (nSPS) is 19.0. The first-order valence-electron chi connectivity index (χ1n) is 9.82. The summed E-state index contributed by atoms with van der Waals surface area (Å²) in [5.41, 5.74) is 1.78. The molecule has 1 aromatic carbocycles. The summed E-state index contributed by atoms with van der Waals surface area (Å²) in [7, 11) is 1.38. The van der Waals surface area contributed by atoms with Crippen LogP contribution in [-0.4, -0.2) is 80.8 Å². The number of nitrogens with one attached hydrogen (secondary N) is 1. The second-order valence-corrected chi connectivity index (χ2v) is 7.14. The second kappa shape index (κ2) is 9.08. The number of para-hydroxylation sites is 1. The minimum atomic E-state index is -0.379. The smallest absolute Gasteiger partial charge is 0.407 e. The third kappa shape index (κ3) is 4.71. The van der Waals surface area contributed by atoms with Crippen molar-refractivity contribution in [1.29, 1.82) is 0 Å². The third-order valence-electron chi connectivity index (χ3n) is 5.58. The van der Waals surface area contributed by atoms with Crippen LogP contribution in [0.2, 0.25) is 0 Å². The molecule has 0 unspecified atom stereocenters. The number of amides is 2.